The average Bonchev–Trinajstić information content (AvgIpc) is 3.20. The molecular weight excluding hydrogens is 499 g/mol. The Balaban J connectivity index is 2.03. The molecule has 0 saturated carbocycles. The second-order valence-corrected chi connectivity index (χ2v) is 10.4. The summed E-state index contributed by atoms with van der Waals surface area (Å²) in [5, 5.41) is 10.1. The predicted octanol–water partition coefficient (Wildman–Crippen LogP) is 3.34. The minimum Gasteiger partial charge on any atom is -0.463 e. The lowest BCUT2D eigenvalue weighted by Crippen LogP contribution is -2.40. The number of hydrogen-bond acceptors (Lipinski definition) is 8. The van der Waals surface area contributed by atoms with Gasteiger partial charge in [-0.15, -0.1) is 34.9 Å². The second kappa shape index (κ2) is 10.6. The molecule has 1 aliphatic heterocycles. The number of thioether (sulfide) groups is 2. The molecule has 0 fully saturated rings. The molecule has 0 spiro atoms. The molecule has 2 heterocycles. The minimum atomic E-state index is -0.735. The first-order valence-electron chi connectivity index (χ1n) is 10.8. The first kappa shape index (κ1) is 24.9. The zero-order chi connectivity index (χ0) is 25.1. The fourth-order valence-corrected chi connectivity index (χ4v) is 5.92. The molecule has 9 heteroatoms. The highest BCUT2D eigenvalue weighted by Gasteiger charge is 2.36. The van der Waals surface area contributed by atoms with E-state index >= 15 is 0 Å². The van der Waals surface area contributed by atoms with Crippen LogP contribution < -0.4 is 20.5 Å². The average molecular weight is 522 g/mol. The predicted molar refractivity (Wildman–Crippen MR) is 144 cm³/mol. The third-order valence-electron chi connectivity index (χ3n) is 5.63. The molecular formula is C26H23N3O3S3. The number of benzene rings is 2. The Hall–Kier alpha value is -3.19. The molecule has 1 aliphatic rings. The molecule has 2 N–H and O–H groups in total. The number of esters is 1. The van der Waals surface area contributed by atoms with Crippen molar-refractivity contribution in [2.75, 3.05) is 19.1 Å². The van der Waals surface area contributed by atoms with Gasteiger partial charge in [0.15, 0.2) is 0 Å². The quantitative estimate of drug-likeness (QED) is 0.392. The number of allylic oxidation sites excluding steroid dienone is 1. The van der Waals surface area contributed by atoms with Crippen molar-refractivity contribution >= 4 is 58.3 Å². The number of carbonyl (C=O) groups excluding carboxylic acids is 1. The summed E-state index contributed by atoms with van der Waals surface area (Å²) in [6, 6.07) is 17.6. The van der Waals surface area contributed by atoms with Gasteiger partial charge in [0.05, 0.1) is 34.3 Å². The lowest BCUT2D eigenvalue weighted by atomic mass is 9.84. The number of nitrogens with zero attached hydrogens (tertiary/aromatic N) is 2. The number of thiazole rings is 1. The van der Waals surface area contributed by atoms with Crippen molar-refractivity contribution in [1.29, 1.82) is 5.26 Å². The van der Waals surface area contributed by atoms with Gasteiger partial charge in [0.25, 0.3) is 5.56 Å². The van der Waals surface area contributed by atoms with Crippen molar-refractivity contribution in [3.63, 3.8) is 0 Å². The van der Waals surface area contributed by atoms with Crippen LogP contribution in [0.3, 0.4) is 0 Å². The molecule has 1 aromatic heterocycles. The summed E-state index contributed by atoms with van der Waals surface area (Å²) in [5.74, 6) is -1.27. The highest BCUT2D eigenvalue weighted by molar-refractivity contribution is 7.98. The summed E-state index contributed by atoms with van der Waals surface area (Å²) in [5.41, 5.74) is 8.01. The lowest BCUT2D eigenvalue weighted by molar-refractivity contribution is -0.136. The van der Waals surface area contributed by atoms with E-state index in [1.54, 1.807) is 36.5 Å². The Bertz CT molecular complexity index is 1530. The minimum absolute atomic E-state index is 0.0353. The van der Waals surface area contributed by atoms with E-state index in [0.29, 0.717) is 9.20 Å². The number of fused-ring (bicyclic) bond motifs is 1. The van der Waals surface area contributed by atoms with Crippen LogP contribution in [0.5, 0.6) is 0 Å². The maximum Gasteiger partial charge on any atom is 0.338 e. The molecule has 35 heavy (non-hydrogen) atoms. The summed E-state index contributed by atoms with van der Waals surface area (Å²) in [6.45, 7) is 1.88. The summed E-state index contributed by atoms with van der Waals surface area (Å²) in [7, 11) is 0. The molecule has 0 amide bonds. The monoisotopic (exact) mass is 521 g/mol. The lowest BCUT2D eigenvalue weighted by Gasteiger charge is -2.24. The van der Waals surface area contributed by atoms with Crippen LogP contribution in [-0.2, 0) is 9.53 Å². The topological polar surface area (TPSA) is 98.1 Å². The van der Waals surface area contributed by atoms with Crippen LogP contribution in [0.15, 0.2) is 68.7 Å². The van der Waals surface area contributed by atoms with Crippen molar-refractivity contribution in [2.45, 2.75) is 22.6 Å². The van der Waals surface area contributed by atoms with Crippen LogP contribution in [0.1, 0.15) is 24.0 Å². The van der Waals surface area contributed by atoms with Gasteiger partial charge in [-0.25, -0.2) is 4.79 Å². The van der Waals surface area contributed by atoms with Crippen LogP contribution in [0.4, 0.5) is 0 Å². The molecule has 2 aromatic carbocycles. The first-order valence-corrected chi connectivity index (χ1v) is 14.0. The molecule has 178 valence electrons. The molecule has 0 aliphatic carbocycles. The number of hydrogen-bond donors (Lipinski definition) is 1. The zero-order valence-electron chi connectivity index (χ0n) is 19.4. The van der Waals surface area contributed by atoms with Crippen molar-refractivity contribution < 1.29 is 9.53 Å². The fraction of sp³-hybridized carbons (Fsp3) is 0.192. The number of nitriles is 1. The Morgan fingerprint density at radius 3 is 2.29 bits per heavy atom. The van der Waals surface area contributed by atoms with Gasteiger partial charge >= 0.3 is 5.97 Å². The van der Waals surface area contributed by atoms with E-state index < -0.39 is 11.9 Å². The number of carbonyl (C=O) groups is 1. The Labute approximate surface area is 215 Å². The van der Waals surface area contributed by atoms with Gasteiger partial charge in [-0.3, -0.25) is 9.36 Å². The van der Waals surface area contributed by atoms with Crippen LogP contribution in [0.25, 0.3) is 17.5 Å². The van der Waals surface area contributed by atoms with E-state index in [-0.39, 0.29) is 29.1 Å². The van der Waals surface area contributed by atoms with Gasteiger partial charge < -0.3 is 10.5 Å². The van der Waals surface area contributed by atoms with E-state index in [9.17, 15) is 14.9 Å². The largest absolute Gasteiger partial charge is 0.463 e. The highest BCUT2D eigenvalue weighted by Crippen LogP contribution is 2.37. The van der Waals surface area contributed by atoms with Crippen molar-refractivity contribution in [1.82, 2.24) is 4.57 Å². The number of nitrogens with two attached hydrogens (primary N) is 1. The van der Waals surface area contributed by atoms with E-state index in [4.69, 9.17) is 10.5 Å². The number of ether oxygens (including phenoxy) is 1. The molecule has 0 bridgehead atoms. The van der Waals surface area contributed by atoms with Crippen molar-refractivity contribution in [3.8, 4) is 6.07 Å². The first-order chi connectivity index (χ1) is 16.9. The molecule has 1 unspecified atom stereocenters. The molecule has 0 saturated heterocycles. The second-order valence-electron chi connectivity index (χ2n) is 7.58. The normalized spacial score (nSPS) is 15.7. The van der Waals surface area contributed by atoms with E-state index in [2.05, 4.69) is 6.07 Å². The highest BCUT2D eigenvalue weighted by atomic mass is 32.2. The Morgan fingerprint density at radius 1 is 1.14 bits per heavy atom. The summed E-state index contributed by atoms with van der Waals surface area (Å²) in [6.07, 6.45) is 5.74. The fourth-order valence-electron chi connectivity index (χ4n) is 3.93. The molecule has 0 radical (unpaired) electrons. The van der Waals surface area contributed by atoms with Crippen molar-refractivity contribution in [3.05, 3.63) is 84.8 Å². The maximum absolute atomic E-state index is 13.4. The Kier molecular flexibility index (Phi) is 7.55. The summed E-state index contributed by atoms with van der Waals surface area (Å²) < 4.78 is 7.45. The SMILES string of the molecule is CCOC(=O)C1=c2sc(=Cc3ccc(SC)cc3)c(=O)n2C(N)=C(C#N)C1c1ccc(SC)cc1. The third-order valence-corrected chi connectivity index (χ3v) is 8.22. The third kappa shape index (κ3) is 4.69. The van der Waals surface area contributed by atoms with Gasteiger partial charge in [0.2, 0.25) is 0 Å². The van der Waals surface area contributed by atoms with Gasteiger partial charge in [0, 0.05) is 9.79 Å². The van der Waals surface area contributed by atoms with Crippen LogP contribution >= 0.6 is 34.9 Å². The van der Waals surface area contributed by atoms with Gasteiger partial charge in [-0.05, 0) is 60.9 Å². The number of rotatable bonds is 6. The van der Waals surface area contributed by atoms with Gasteiger partial charge in [0.1, 0.15) is 10.5 Å². The maximum atomic E-state index is 13.4. The van der Waals surface area contributed by atoms with Crippen LogP contribution in [-0.4, -0.2) is 29.7 Å². The number of aromatic nitrogens is 1. The summed E-state index contributed by atoms with van der Waals surface area (Å²) in [4.78, 5) is 28.8. The summed E-state index contributed by atoms with van der Waals surface area (Å²) >= 11 is 4.40. The van der Waals surface area contributed by atoms with Crippen molar-refractivity contribution in [2.24, 2.45) is 5.73 Å². The standard InChI is InChI=1S/C26H23N3O3S3/c1-4-32-26(31)22-21(16-7-11-18(34-3)12-8-16)19(14-27)23(28)29-24(30)20(35-25(22)29)13-15-5-9-17(33-2)10-6-15/h5-13,21H,4,28H2,1-3H3. The zero-order valence-corrected chi connectivity index (χ0v) is 21.9. The smallest absolute Gasteiger partial charge is 0.338 e. The molecule has 3 aromatic rings. The van der Waals surface area contributed by atoms with E-state index in [0.717, 1.165) is 20.9 Å². The van der Waals surface area contributed by atoms with E-state index in [1.807, 2.05) is 61.0 Å². The van der Waals surface area contributed by atoms with Gasteiger partial charge in [-0.1, -0.05) is 24.3 Å². The van der Waals surface area contributed by atoms with Gasteiger partial charge in [-0.2, -0.15) is 5.26 Å². The van der Waals surface area contributed by atoms with Crippen LogP contribution in [0, 0.1) is 11.3 Å². The Morgan fingerprint density at radius 2 is 1.74 bits per heavy atom. The molecule has 4 rings (SSSR count). The van der Waals surface area contributed by atoms with E-state index in [1.165, 1.54) is 15.9 Å². The molecule has 1 atom stereocenters. The molecule has 6 nitrogen and oxygen atoms in total. The van der Waals surface area contributed by atoms with Crippen LogP contribution in [0.2, 0.25) is 0 Å².